The molecule has 18 heavy (non-hydrogen) atoms. The molecular formula is C15H22O3. The lowest BCUT2D eigenvalue weighted by Gasteiger charge is -2.13. The molecule has 0 aliphatic carbocycles. The molecule has 1 unspecified atom stereocenters. The van der Waals surface area contributed by atoms with Crippen LogP contribution in [0.1, 0.15) is 49.0 Å². The smallest absolute Gasteiger partial charge is 0.153 e. The van der Waals surface area contributed by atoms with E-state index in [4.69, 9.17) is 9.47 Å². The third kappa shape index (κ3) is 4.15. The van der Waals surface area contributed by atoms with Crippen LogP contribution in [0.2, 0.25) is 0 Å². The first-order valence-corrected chi connectivity index (χ1v) is 6.52. The van der Waals surface area contributed by atoms with Gasteiger partial charge in [-0.15, -0.1) is 0 Å². The van der Waals surface area contributed by atoms with Crippen molar-refractivity contribution in [3.8, 4) is 5.75 Å². The Morgan fingerprint density at radius 2 is 2.06 bits per heavy atom. The van der Waals surface area contributed by atoms with Crippen LogP contribution in [0.15, 0.2) is 18.2 Å². The van der Waals surface area contributed by atoms with Crippen LogP contribution in [0, 0.1) is 0 Å². The Bertz CT molecular complexity index is 374. The molecule has 0 aliphatic rings. The number of aldehydes is 1. The largest absolute Gasteiger partial charge is 0.490 e. The molecule has 0 N–H and O–H groups in total. The molecule has 0 fully saturated rings. The van der Waals surface area contributed by atoms with Gasteiger partial charge >= 0.3 is 0 Å². The van der Waals surface area contributed by atoms with E-state index in [0.29, 0.717) is 37.1 Å². The van der Waals surface area contributed by atoms with Gasteiger partial charge in [0.15, 0.2) is 6.29 Å². The minimum atomic E-state index is 0.459. The molecule has 3 nitrogen and oxygen atoms in total. The third-order valence-electron chi connectivity index (χ3n) is 3.03. The molecule has 1 atom stereocenters. The van der Waals surface area contributed by atoms with Gasteiger partial charge in [-0.1, -0.05) is 19.9 Å². The first kappa shape index (κ1) is 14.7. The fourth-order valence-electron chi connectivity index (χ4n) is 1.69. The third-order valence-corrected chi connectivity index (χ3v) is 3.03. The Morgan fingerprint density at radius 1 is 1.28 bits per heavy atom. The summed E-state index contributed by atoms with van der Waals surface area (Å²) in [4.78, 5) is 11.1. The van der Waals surface area contributed by atoms with Crippen LogP contribution in [0.4, 0.5) is 0 Å². The SMILES string of the molecule is CCOCCOc1ccc(C(C)CC)cc1C=O. The lowest BCUT2D eigenvalue weighted by Crippen LogP contribution is -2.08. The molecule has 1 aromatic carbocycles. The molecule has 0 bridgehead atoms. The second-order valence-corrected chi connectivity index (χ2v) is 4.27. The molecule has 0 spiro atoms. The van der Waals surface area contributed by atoms with Gasteiger partial charge in [0.25, 0.3) is 0 Å². The summed E-state index contributed by atoms with van der Waals surface area (Å²) >= 11 is 0. The number of benzene rings is 1. The normalized spacial score (nSPS) is 12.2. The van der Waals surface area contributed by atoms with Gasteiger partial charge in [-0.05, 0) is 37.0 Å². The zero-order valence-electron chi connectivity index (χ0n) is 11.4. The summed E-state index contributed by atoms with van der Waals surface area (Å²) < 4.78 is 10.7. The Kier molecular flexibility index (Phi) is 6.44. The number of rotatable bonds is 8. The quantitative estimate of drug-likeness (QED) is 0.524. The predicted molar refractivity (Wildman–Crippen MR) is 72.5 cm³/mol. The molecule has 0 saturated carbocycles. The van der Waals surface area contributed by atoms with Crippen molar-refractivity contribution in [3.63, 3.8) is 0 Å². The fraction of sp³-hybridized carbons (Fsp3) is 0.533. The maximum Gasteiger partial charge on any atom is 0.153 e. The first-order chi connectivity index (χ1) is 8.72. The number of hydrogen-bond acceptors (Lipinski definition) is 3. The molecule has 0 aromatic heterocycles. The summed E-state index contributed by atoms with van der Waals surface area (Å²) in [5.74, 6) is 1.10. The van der Waals surface area contributed by atoms with Gasteiger partial charge in [-0.25, -0.2) is 0 Å². The van der Waals surface area contributed by atoms with Crippen molar-refractivity contribution in [3.05, 3.63) is 29.3 Å². The van der Waals surface area contributed by atoms with E-state index in [2.05, 4.69) is 13.8 Å². The van der Waals surface area contributed by atoms with E-state index in [1.54, 1.807) is 0 Å². The van der Waals surface area contributed by atoms with Crippen LogP contribution in [-0.4, -0.2) is 26.1 Å². The first-order valence-electron chi connectivity index (χ1n) is 6.52. The summed E-state index contributed by atoms with van der Waals surface area (Å²) in [6.45, 7) is 7.92. The second-order valence-electron chi connectivity index (χ2n) is 4.27. The average Bonchev–Trinajstić information content (AvgIpc) is 2.42. The van der Waals surface area contributed by atoms with Gasteiger partial charge in [0, 0.05) is 6.61 Å². The van der Waals surface area contributed by atoms with Gasteiger partial charge in [-0.3, -0.25) is 4.79 Å². The second kappa shape index (κ2) is 7.88. The van der Waals surface area contributed by atoms with Crippen LogP contribution in [0.25, 0.3) is 0 Å². The molecule has 0 saturated heterocycles. The topological polar surface area (TPSA) is 35.5 Å². The number of ether oxygens (including phenoxy) is 2. The van der Waals surface area contributed by atoms with Crippen molar-refractivity contribution in [2.45, 2.75) is 33.1 Å². The molecular weight excluding hydrogens is 228 g/mol. The van der Waals surface area contributed by atoms with Gasteiger partial charge in [0.1, 0.15) is 12.4 Å². The van der Waals surface area contributed by atoms with Crippen LogP contribution in [0.5, 0.6) is 5.75 Å². The van der Waals surface area contributed by atoms with E-state index in [0.717, 1.165) is 12.7 Å². The number of carbonyl (C=O) groups is 1. The highest BCUT2D eigenvalue weighted by Gasteiger charge is 2.08. The van der Waals surface area contributed by atoms with Gasteiger partial charge in [-0.2, -0.15) is 0 Å². The van der Waals surface area contributed by atoms with Crippen LogP contribution < -0.4 is 4.74 Å². The lowest BCUT2D eigenvalue weighted by atomic mass is 9.97. The Balaban J connectivity index is 2.71. The van der Waals surface area contributed by atoms with Crippen LogP contribution >= 0.6 is 0 Å². The van der Waals surface area contributed by atoms with Crippen LogP contribution in [-0.2, 0) is 4.74 Å². The van der Waals surface area contributed by atoms with Crippen molar-refractivity contribution in [1.29, 1.82) is 0 Å². The average molecular weight is 250 g/mol. The van der Waals surface area contributed by atoms with E-state index in [1.807, 2.05) is 25.1 Å². The van der Waals surface area contributed by atoms with Crippen molar-refractivity contribution >= 4 is 6.29 Å². The van der Waals surface area contributed by atoms with Crippen molar-refractivity contribution in [2.24, 2.45) is 0 Å². The lowest BCUT2D eigenvalue weighted by molar-refractivity contribution is 0.106. The molecule has 0 heterocycles. The van der Waals surface area contributed by atoms with E-state index in [-0.39, 0.29) is 0 Å². The van der Waals surface area contributed by atoms with E-state index < -0.39 is 0 Å². The summed E-state index contributed by atoms with van der Waals surface area (Å²) in [7, 11) is 0. The molecule has 0 aliphatic heterocycles. The summed E-state index contributed by atoms with van der Waals surface area (Å²) in [5, 5.41) is 0. The number of carbonyl (C=O) groups excluding carboxylic acids is 1. The van der Waals surface area contributed by atoms with E-state index in [1.165, 1.54) is 5.56 Å². The molecule has 1 aromatic rings. The van der Waals surface area contributed by atoms with E-state index in [9.17, 15) is 4.79 Å². The zero-order valence-corrected chi connectivity index (χ0v) is 11.4. The minimum absolute atomic E-state index is 0.459. The predicted octanol–water partition coefficient (Wildman–Crippen LogP) is 3.43. The highest BCUT2D eigenvalue weighted by molar-refractivity contribution is 5.79. The van der Waals surface area contributed by atoms with Crippen LogP contribution in [0.3, 0.4) is 0 Å². The minimum Gasteiger partial charge on any atom is -0.490 e. The van der Waals surface area contributed by atoms with Gasteiger partial charge < -0.3 is 9.47 Å². The Morgan fingerprint density at radius 3 is 2.67 bits per heavy atom. The summed E-state index contributed by atoms with van der Waals surface area (Å²) in [6.07, 6.45) is 1.91. The Labute approximate surface area is 109 Å². The Hall–Kier alpha value is -1.35. The fourth-order valence-corrected chi connectivity index (χ4v) is 1.69. The van der Waals surface area contributed by atoms with E-state index >= 15 is 0 Å². The zero-order chi connectivity index (χ0) is 13.4. The monoisotopic (exact) mass is 250 g/mol. The molecule has 3 heteroatoms. The molecule has 0 amide bonds. The van der Waals surface area contributed by atoms with Gasteiger partial charge in [0.2, 0.25) is 0 Å². The standard InChI is InChI=1S/C15H22O3/c1-4-12(3)13-6-7-15(14(10-13)11-16)18-9-8-17-5-2/h6-7,10-12H,4-5,8-9H2,1-3H3. The number of hydrogen-bond donors (Lipinski definition) is 0. The molecule has 1 rings (SSSR count). The molecule has 0 radical (unpaired) electrons. The highest BCUT2D eigenvalue weighted by atomic mass is 16.5. The maximum absolute atomic E-state index is 11.1. The van der Waals surface area contributed by atoms with Gasteiger partial charge in [0.05, 0.1) is 12.2 Å². The van der Waals surface area contributed by atoms with Crippen molar-refractivity contribution in [2.75, 3.05) is 19.8 Å². The molecule has 100 valence electrons. The van der Waals surface area contributed by atoms with Crippen molar-refractivity contribution < 1.29 is 14.3 Å². The highest BCUT2D eigenvalue weighted by Crippen LogP contribution is 2.25. The summed E-state index contributed by atoms with van der Waals surface area (Å²) in [5.41, 5.74) is 1.79. The summed E-state index contributed by atoms with van der Waals surface area (Å²) in [6, 6.07) is 5.81. The van der Waals surface area contributed by atoms with Crippen molar-refractivity contribution in [1.82, 2.24) is 0 Å². The maximum atomic E-state index is 11.1.